The Kier molecular flexibility index (Phi) is 4.90. The van der Waals surface area contributed by atoms with Crippen molar-refractivity contribution in [2.24, 2.45) is 0 Å². The largest absolute Gasteiger partial charge is 0.459 e. The number of carbonyl (C=O) groups is 1. The first-order valence-electron chi connectivity index (χ1n) is 7.87. The van der Waals surface area contributed by atoms with E-state index in [9.17, 15) is 4.79 Å². The van der Waals surface area contributed by atoms with Gasteiger partial charge in [0.1, 0.15) is 0 Å². The summed E-state index contributed by atoms with van der Waals surface area (Å²) in [5.41, 5.74) is 0.901. The molecule has 0 saturated carbocycles. The maximum absolute atomic E-state index is 12.8. The molecule has 7 nitrogen and oxygen atoms in total. The zero-order valence-corrected chi connectivity index (χ0v) is 13.7. The van der Waals surface area contributed by atoms with Crippen LogP contribution in [-0.2, 0) is 6.54 Å². The fourth-order valence-corrected chi connectivity index (χ4v) is 2.41. The Morgan fingerprint density at radius 1 is 1.28 bits per heavy atom. The summed E-state index contributed by atoms with van der Waals surface area (Å²) in [4.78, 5) is 14.4. The maximum Gasteiger partial charge on any atom is 0.283 e. The van der Waals surface area contributed by atoms with E-state index in [1.807, 2.05) is 13.0 Å². The molecule has 0 aliphatic heterocycles. The van der Waals surface area contributed by atoms with Gasteiger partial charge in [0, 0.05) is 12.1 Å². The summed E-state index contributed by atoms with van der Waals surface area (Å²) in [7, 11) is 0. The molecule has 0 atom stereocenters. The minimum absolute atomic E-state index is 0.184. The number of carbonyl (C=O) groups excluding carboxylic acids is 1. The van der Waals surface area contributed by atoms with Gasteiger partial charge in [-0.15, -0.1) is 10.2 Å². The van der Waals surface area contributed by atoms with E-state index in [0.717, 1.165) is 6.42 Å². The molecule has 0 aliphatic carbocycles. The fraction of sp³-hybridized carbons (Fsp3) is 0.222. The Hall–Kier alpha value is -3.40. The number of amides is 1. The Bertz CT molecular complexity index is 893. The predicted octanol–water partition coefficient (Wildman–Crippen LogP) is 3.25. The second-order valence-corrected chi connectivity index (χ2v) is 5.40. The SMILES string of the molecule is CCCN(Cc1nnc(-c2ccco2)o1)C(=O)c1cccc(C#N)c1. The van der Waals surface area contributed by atoms with Gasteiger partial charge in [-0.05, 0) is 36.8 Å². The second kappa shape index (κ2) is 7.45. The molecule has 0 unspecified atom stereocenters. The molecule has 2 aromatic heterocycles. The highest BCUT2D eigenvalue weighted by atomic mass is 16.4. The van der Waals surface area contributed by atoms with Crippen LogP contribution in [0.1, 0.15) is 35.2 Å². The van der Waals surface area contributed by atoms with Crippen molar-refractivity contribution >= 4 is 5.91 Å². The molecule has 0 radical (unpaired) electrons. The molecule has 7 heteroatoms. The van der Waals surface area contributed by atoms with Crippen molar-refractivity contribution in [3.8, 4) is 17.7 Å². The molecule has 2 heterocycles. The highest BCUT2D eigenvalue weighted by Crippen LogP contribution is 2.19. The van der Waals surface area contributed by atoms with E-state index in [-0.39, 0.29) is 18.3 Å². The molecule has 126 valence electrons. The second-order valence-electron chi connectivity index (χ2n) is 5.40. The van der Waals surface area contributed by atoms with E-state index in [4.69, 9.17) is 14.1 Å². The zero-order chi connectivity index (χ0) is 17.6. The zero-order valence-electron chi connectivity index (χ0n) is 13.7. The lowest BCUT2D eigenvalue weighted by Gasteiger charge is -2.20. The van der Waals surface area contributed by atoms with E-state index >= 15 is 0 Å². The van der Waals surface area contributed by atoms with Gasteiger partial charge in [0.2, 0.25) is 5.89 Å². The molecule has 0 spiro atoms. The van der Waals surface area contributed by atoms with Crippen molar-refractivity contribution in [2.45, 2.75) is 19.9 Å². The molecular formula is C18H16N4O3. The average molecular weight is 336 g/mol. The lowest BCUT2D eigenvalue weighted by molar-refractivity contribution is 0.0728. The number of furan rings is 1. The minimum Gasteiger partial charge on any atom is -0.459 e. The van der Waals surface area contributed by atoms with E-state index < -0.39 is 0 Å². The Morgan fingerprint density at radius 3 is 2.88 bits per heavy atom. The molecule has 1 aromatic carbocycles. The summed E-state index contributed by atoms with van der Waals surface area (Å²) >= 11 is 0. The topological polar surface area (TPSA) is 96.2 Å². The van der Waals surface area contributed by atoms with Gasteiger partial charge in [-0.3, -0.25) is 4.79 Å². The summed E-state index contributed by atoms with van der Waals surface area (Å²) in [6.45, 7) is 2.71. The van der Waals surface area contributed by atoms with Crippen LogP contribution in [0.15, 0.2) is 51.5 Å². The number of aromatic nitrogens is 2. The van der Waals surface area contributed by atoms with E-state index in [0.29, 0.717) is 29.3 Å². The van der Waals surface area contributed by atoms with E-state index in [2.05, 4.69) is 10.2 Å². The number of hydrogen-bond acceptors (Lipinski definition) is 6. The molecule has 0 saturated heterocycles. The van der Waals surface area contributed by atoms with Gasteiger partial charge in [0.15, 0.2) is 5.76 Å². The normalized spacial score (nSPS) is 10.4. The number of nitriles is 1. The Labute approximate surface area is 144 Å². The third-order valence-electron chi connectivity index (χ3n) is 3.54. The molecular weight excluding hydrogens is 320 g/mol. The average Bonchev–Trinajstić information content (AvgIpc) is 3.32. The molecule has 3 rings (SSSR count). The van der Waals surface area contributed by atoms with Crippen LogP contribution in [-0.4, -0.2) is 27.5 Å². The van der Waals surface area contributed by atoms with Crippen molar-refractivity contribution < 1.29 is 13.6 Å². The standard InChI is InChI=1S/C18H16N4O3/c1-2-8-22(18(23)14-6-3-5-13(10-14)11-19)12-16-20-21-17(25-16)15-7-4-9-24-15/h3-7,9-10H,2,8,12H2,1H3. The van der Waals surface area contributed by atoms with Crippen molar-refractivity contribution in [3.05, 3.63) is 59.7 Å². The smallest absolute Gasteiger partial charge is 0.283 e. The maximum atomic E-state index is 12.8. The van der Waals surface area contributed by atoms with Crippen LogP contribution in [0.25, 0.3) is 11.7 Å². The van der Waals surface area contributed by atoms with Gasteiger partial charge in [0.25, 0.3) is 11.8 Å². The number of rotatable bonds is 6. The molecule has 0 fully saturated rings. The first-order chi connectivity index (χ1) is 12.2. The molecule has 0 bridgehead atoms. The monoisotopic (exact) mass is 336 g/mol. The van der Waals surface area contributed by atoms with Crippen molar-refractivity contribution in [3.63, 3.8) is 0 Å². The van der Waals surface area contributed by atoms with Crippen LogP contribution >= 0.6 is 0 Å². The summed E-state index contributed by atoms with van der Waals surface area (Å²) in [6.07, 6.45) is 2.30. The van der Waals surface area contributed by atoms with E-state index in [1.54, 1.807) is 41.3 Å². The first-order valence-corrected chi connectivity index (χ1v) is 7.87. The first kappa shape index (κ1) is 16.5. The van der Waals surface area contributed by atoms with Gasteiger partial charge in [-0.1, -0.05) is 13.0 Å². The summed E-state index contributed by atoms with van der Waals surface area (Å²) in [6, 6.07) is 12.1. The Balaban J connectivity index is 1.79. The lowest BCUT2D eigenvalue weighted by Crippen LogP contribution is -2.31. The Morgan fingerprint density at radius 2 is 2.16 bits per heavy atom. The van der Waals surface area contributed by atoms with Crippen LogP contribution in [0, 0.1) is 11.3 Å². The molecule has 0 aliphatic rings. The molecule has 3 aromatic rings. The van der Waals surface area contributed by atoms with Gasteiger partial charge < -0.3 is 13.7 Å². The third kappa shape index (κ3) is 3.75. The van der Waals surface area contributed by atoms with Gasteiger partial charge in [-0.2, -0.15) is 5.26 Å². The summed E-state index contributed by atoms with van der Waals surface area (Å²) in [5, 5.41) is 16.9. The van der Waals surface area contributed by atoms with Crippen LogP contribution in [0.3, 0.4) is 0 Å². The summed E-state index contributed by atoms with van der Waals surface area (Å²) in [5.74, 6) is 0.894. The highest BCUT2D eigenvalue weighted by molar-refractivity contribution is 5.94. The van der Waals surface area contributed by atoms with Gasteiger partial charge in [-0.25, -0.2) is 0 Å². The van der Waals surface area contributed by atoms with Gasteiger partial charge in [0.05, 0.1) is 24.4 Å². The van der Waals surface area contributed by atoms with E-state index in [1.165, 1.54) is 6.26 Å². The van der Waals surface area contributed by atoms with Crippen molar-refractivity contribution in [1.82, 2.24) is 15.1 Å². The van der Waals surface area contributed by atoms with Crippen LogP contribution in [0.2, 0.25) is 0 Å². The van der Waals surface area contributed by atoms with Crippen molar-refractivity contribution in [2.75, 3.05) is 6.54 Å². The van der Waals surface area contributed by atoms with Crippen LogP contribution in [0.5, 0.6) is 0 Å². The van der Waals surface area contributed by atoms with Gasteiger partial charge >= 0.3 is 0 Å². The molecule has 0 N–H and O–H groups in total. The third-order valence-corrected chi connectivity index (χ3v) is 3.54. The molecule has 25 heavy (non-hydrogen) atoms. The predicted molar refractivity (Wildman–Crippen MR) is 88.2 cm³/mol. The summed E-state index contributed by atoms with van der Waals surface area (Å²) < 4.78 is 10.8. The fourth-order valence-electron chi connectivity index (χ4n) is 2.41. The number of benzene rings is 1. The number of hydrogen-bond donors (Lipinski definition) is 0. The minimum atomic E-state index is -0.184. The highest BCUT2D eigenvalue weighted by Gasteiger charge is 2.19. The quantitative estimate of drug-likeness (QED) is 0.685. The lowest BCUT2D eigenvalue weighted by atomic mass is 10.1. The van der Waals surface area contributed by atoms with Crippen LogP contribution < -0.4 is 0 Å². The molecule has 1 amide bonds. The van der Waals surface area contributed by atoms with Crippen molar-refractivity contribution in [1.29, 1.82) is 5.26 Å². The van der Waals surface area contributed by atoms with Crippen LogP contribution in [0.4, 0.5) is 0 Å². The number of nitrogens with zero attached hydrogens (tertiary/aromatic N) is 4.